The molecule has 0 saturated heterocycles. The average Bonchev–Trinajstić information content (AvgIpc) is 2.65. The van der Waals surface area contributed by atoms with Crippen LogP contribution < -0.4 is 16.0 Å². The largest absolute Gasteiger partial charge is 0.314 e. The molecule has 4 bridgehead atoms. The molecule has 3 heterocycles. The Kier molecular flexibility index (Phi) is 4.70. The maximum absolute atomic E-state index is 11.5. The third-order valence-electron chi connectivity index (χ3n) is 4.50. The molecular formula is C18H20N6O2. The van der Waals surface area contributed by atoms with Crippen LogP contribution in [0.2, 0.25) is 0 Å². The first-order chi connectivity index (χ1) is 12.7. The van der Waals surface area contributed by atoms with Crippen molar-refractivity contribution < 1.29 is 4.92 Å². The normalized spacial score (nSPS) is 16.2. The number of hydrogen-bond donors (Lipinski definition) is 3. The van der Waals surface area contributed by atoms with Gasteiger partial charge in [-0.2, -0.15) is 0 Å². The lowest BCUT2D eigenvalue weighted by molar-refractivity contribution is -0.382. The molecule has 3 aromatic rings. The molecule has 0 radical (unpaired) electrons. The summed E-state index contributed by atoms with van der Waals surface area (Å²) in [4.78, 5) is 20.6. The van der Waals surface area contributed by atoms with E-state index in [4.69, 9.17) is 9.97 Å². The quantitative estimate of drug-likeness (QED) is 0.346. The standard InChI is InChI=1S/C18H20N6O2/c25-24(26)16-9-12-1-2-13-10-20-7-5-19-6-8-21-11-14-3-4-15(16)18(23-14)17(12)22-13/h1-4,9,19-21H,5-8,10-11H2. The Morgan fingerprint density at radius 1 is 0.846 bits per heavy atom. The summed E-state index contributed by atoms with van der Waals surface area (Å²) in [7, 11) is 0. The minimum atomic E-state index is -0.356. The van der Waals surface area contributed by atoms with Gasteiger partial charge in [-0.3, -0.25) is 10.1 Å². The summed E-state index contributed by atoms with van der Waals surface area (Å²) in [6.07, 6.45) is 0. The van der Waals surface area contributed by atoms with E-state index in [1.807, 2.05) is 18.2 Å². The molecule has 0 atom stereocenters. The van der Waals surface area contributed by atoms with Crippen molar-refractivity contribution in [2.45, 2.75) is 13.1 Å². The van der Waals surface area contributed by atoms with Crippen LogP contribution in [0.15, 0.2) is 30.3 Å². The lowest BCUT2D eigenvalue weighted by Gasteiger charge is -2.09. The maximum atomic E-state index is 11.5. The molecule has 134 valence electrons. The van der Waals surface area contributed by atoms with Crippen LogP contribution in [0.25, 0.3) is 21.8 Å². The number of nitro groups is 1. The van der Waals surface area contributed by atoms with Crippen molar-refractivity contribution in [1.82, 2.24) is 25.9 Å². The van der Waals surface area contributed by atoms with Crippen LogP contribution in [0, 0.1) is 10.1 Å². The van der Waals surface area contributed by atoms with Gasteiger partial charge in [-0.05, 0) is 18.2 Å². The van der Waals surface area contributed by atoms with E-state index >= 15 is 0 Å². The number of nitrogens with one attached hydrogen (secondary N) is 3. The third kappa shape index (κ3) is 3.34. The van der Waals surface area contributed by atoms with Gasteiger partial charge in [-0.25, -0.2) is 9.97 Å². The molecule has 26 heavy (non-hydrogen) atoms. The van der Waals surface area contributed by atoms with Crippen molar-refractivity contribution >= 4 is 27.5 Å². The predicted molar refractivity (Wildman–Crippen MR) is 100.0 cm³/mol. The first-order valence-electron chi connectivity index (χ1n) is 8.71. The summed E-state index contributed by atoms with van der Waals surface area (Å²) >= 11 is 0. The van der Waals surface area contributed by atoms with Gasteiger partial charge < -0.3 is 16.0 Å². The molecule has 3 N–H and O–H groups in total. The van der Waals surface area contributed by atoms with Gasteiger partial charge in [0.05, 0.1) is 27.2 Å². The topological polar surface area (TPSA) is 105 Å². The molecule has 8 heteroatoms. The van der Waals surface area contributed by atoms with Crippen molar-refractivity contribution in [2.24, 2.45) is 0 Å². The number of non-ortho nitro benzene ring substituents is 1. The molecule has 0 aliphatic carbocycles. The minimum absolute atomic E-state index is 0.0642. The Bertz CT molecular complexity index is 975. The van der Waals surface area contributed by atoms with E-state index in [0.717, 1.165) is 43.0 Å². The van der Waals surface area contributed by atoms with E-state index in [9.17, 15) is 10.1 Å². The molecule has 1 aromatic carbocycles. The van der Waals surface area contributed by atoms with E-state index in [1.165, 1.54) is 0 Å². The number of benzene rings is 1. The lowest BCUT2D eigenvalue weighted by atomic mass is 10.1. The van der Waals surface area contributed by atoms with Crippen LogP contribution in [0.5, 0.6) is 0 Å². The molecule has 0 fully saturated rings. The summed E-state index contributed by atoms with van der Waals surface area (Å²) < 4.78 is 0. The highest BCUT2D eigenvalue weighted by Crippen LogP contribution is 2.31. The second kappa shape index (κ2) is 7.28. The maximum Gasteiger partial charge on any atom is 0.279 e. The van der Waals surface area contributed by atoms with Gasteiger partial charge in [0.2, 0.25) is 0 Å². The van der Waals surface area contributed by atoms with E-state index in [-0.39, 0.29) is 10.6 Å². The number of hydrogen-bond acceptors (Lipinski definition) is 7. The fourth-order valence-corrected chi connectivity index (χ4v) is 3.19. The van der Waals surface area contributed by atoms with Crippen LogP contribution in [-0.4, -0.2) is 41.1 Å². The van der Waals surface area contributed by atoms with Gasteiger partial charge in [-0.15, -0.1) is 0 Å². The van der Waals surface area contributed by atoms with Gasteiger partial charge in [0.1, 0.15) is 5.52 Å². The van der Waals surface area contributed by atoms with Crippen LogP contribution >= 0.6 is 0 Å². The summed E-state index contributed by atoms with van der Waals surface area (Å²) in [6.45, 7) is 4.69. The average molecular weight is 352 g/mol. The molecule has 0 unspecified atom stereocenters. The van der Waals surface area contributed by atoms with Crippen LogP contribution in [-0.2, 0) is 13.1 Å². The third-order valence-corrected chi connectivity index (χ3v) is 4.50. The van der Waals surface area contributed by atoms with Crippen molar-refractivity contribution in [3.8, 4) is 0 Å². The SMILES string of the molecule is O=[N+]([O-])c1cc2ccc3nc2c2nc(ccc12)CNCCNCCNC3. The van der Waals surface area contributed by atoms with Gasteiger partial charge >= 0.3 is 0 Å². The van der Waals surface area contributed by atoms with Crippen molar-refractivity contribution in [1.29, 1.82) is 0 Å². The summed E-state index contributed by atoms with van der Waals surface area (Å²) in [6, 6.07) is 8.99. The first kappa shape index (κ1) is 16.8. The van der Waals surface area contributed by atoms with Crippen molar-refractivity contribution in [3.63, 3.8) is 0 Å². The van der Waals surface area contributed by atoms with Gasteiger partial charge in [-0.1, -0.05) is 6.07 Å². The second-order valence-corrected chi connectivity index (χ2v) is 6.33. The van der Waals surface area contributed by atoms with Crippen LogP contribution in [0.1, 0.15) is 11.4 Å². The summed E-state index contributed by atoms with van der Waals surface area (Å²) in [5.41, 5.74) is 3.10. The van der Waals surface area contributed by atoms with Crippen LogP contribution in [0.3, 0.4) is 0 Å². The van der Waals surface area contributed by atoms with E-state index in [2.05, 4.69) is 16.0 Å². The molecule has 0 amide bonds. The van der Waals surface area contributed by atoms with Crippen molar-refractivity contribution in [2.75, 3.05) is 26.2 Å². The van der Waals surface area contributed by atoms with Gasteiger partial charge in [0.15, 0.2) is 0 Å². The number of fused-ring (bicyclic) bond motifs is 2. The second-order valence-electron chi connectivity index (χ2n) is 6.33. The van der Waals surface area contributed by atoms with Gasteiger partial charge in [0, 0.05) is 50.7 Å². The number of pyridine rings is 2. The molecular weight excluding hydrogens is 332 g/mol. The van der Waals surface area contributed by atoms with E-state index in [0.29, 0.717) is 29.5 Å². The molecule has 8 nitrogen and oxygen atoms in total. The smallest absolute Gasteiger partial charge is 0.279 e. The number of rotatable bonds is 1. The Morgan fingerprint density at radius 3 is 2.15 bits per heavy atom. The lowest BCUT2D eigenvalue weighted by Crippen LogP contribution is -2.32. The monoisotopic (exact) mass is 352 g/mol. The van der Waals surface area contributed by atoms with Crippen LogP contribution in [0.4, 0.5) is 5.69 Å². The Labute approximate surface area is 150 Å². The van der Waals surface area contributed by atoms with E-state index < -0.39 is 0 Å². The van der Waals surface area contributed by atoms with Crippen molar-refractivity contribution in [3.05, 3.63) is 51.8 Å². The zero-order valence-corrected chi connectivity index (χ0v) is 14.3. The highest BCUT2D eigenvalue weighted by atomic mass is 16.6. The highest BCUT2D eigenvalue weighted by Gasteiger charge is 2.18. The Balaban J connectivity index is 1.91. The predicted octanol–water partition coefficient (Wildman–Crippen LogP) is 1.47. The molecule has 0 saturated carbocycles. The Morgan fingerprint density at radius 2 is 1.46 bits per heavy atom. The highest BCUT2D eigenvalue weighted by molar-refractivity contribution is 6.07. The molecule has 1 aliphatic heterocycles. The zero-order valence-electron chi connectivity index (χ0n) is 14.3. The van der Waals surface area contributed by atoms with Gasteiger partial charge in [0.25, 0.3) is 5.69 Å². The zero-order chi connectivity index (χ0) is 17.9. The molecule has 1 aliphatic rings. The summed E-state index contributed by atoms with van der Waals surface area (Å²) in [5, 5.41) is 22.8. The number of aromatic nitrogens is 2. The minimum Gasteiger partial charge on any atom is -0.314 e. The fraction of sp³-hybridized carbons (Fsp3) is 0.333. The summed E-state index contributed by atoms with van der Waals surface area (Å²) in [5.74, 6) is 0. The molecule has 4 rings (SSSR count). The Hall–Kier alpha value is -2.68. The first-order valence-corrected chi connectivity index (χ1v) is 8.71. The molecule has 2 aromatic heterocycles. The number of nitrogens with zero attached hydrogens (tertiary/aromatic N) is 3. The number of nitro benzene ring substituents is 1. The van der Waals surface area contributed by atoms with E-state index in [1.54, 1.807) is 12.1 Å². The fourth-order valence-electron chi connectivity index (χ4n) is 3.19. The molecule has 0 spiro atoms.